The second-order valence-corrected chi connectivity index (χ2v) is 1.37. The molecule has 0 aliphatic carbocycles. The van der Waals surface area contributed by atoms with Crippen molar-refractivity contribution in [2.45, 2.75) is 13.8 Å². The average molecular weight is 140 g/mol. The monoisotopic (exact) mass is 140 g/mol. The van der Waals surface area contributed by atoms with Crippen LogP contribution in [0.15, 0.2) is 10.3 Å². The van der Waals surface area contributed by atoms with Gasteiger partial charge in [-0.3, -0.25) is 0 Å². The van der Waals surface area contributed by atoms with Crippen molar-refractivity contribution in [2.24, 2.45) is 10.3 Å². The van der Waals surface area contributed by atoms with E-state index in [9.17, 15) is 0 Å². The molecule has 0 aromatic heterocycles. The van der Waals surface area contributed by atoms with Crippen LogP contribution in [0.4, 0.5) is 0 Å². The molecule has 5 heteroatoms. The van der Waals surface area contributed by atoms with Gasteiger partial charge in [0, 0.05) is 0 Å². The van der Waals surface area contributed by atoms with E-state index in [0.717, 1.165) is 0 Å². The normalized spacial score (nSPS) is 12.7. The van der Waals surface area contributed by atoms with Crippen LogP contribution in [0.2, 0.25) is 0 Å². The molecule has 0 aliphatic heterocycles. The summed E-state index contributed by atoms with van der Waals surface area (Å²) in [4.78, 5) is 0. The Morgan fingerprint density at radius 2 is 1.33 bits per heavy atom. The van der Waals surface area contributed by atoms with Gasteiger partial charge in [-0.2, -0.15) is 0 Å². The number of hydrogen-bond acceptors (Lipinski definition) is 4. The summed E-state index contributed by atoms with van der Waals surface area (Å²) >= 11 is 0. The molecule has 0 bridgehead atoms. The molecule has 2 N–H and O–H groups in total. The maximum atomic E-state index is 8.03. The third-order valence-electron chi connectivity index (χ3n) is 0.824. The Bertz CT molecular complexity index is 121. The summed E-state index contributed by atoms with van der Waals surface area (Å²) in [5.41, 5.74) is 0.625. The number of hydrogen-bond donors (Lipinski definition) is 2. The fourth-order valence-electron chi connectivity index (χ4n) is 0.145. The van der Waals surface area contributed by atoms with Crippen LogP contribution in [0.5, 0.6) is 0 Å². The third-order valence-corrected chi connectivity index (χ3v) is 0.824. The molecule has 0 atom stereocenters. The predicted octanol–water partition coefficient (Wildman–Crippen LogP) is -2.20. The quantitative estimate of drug-likeness (QED) is 0.188. The molecule has 0 aliphatic rings. The second-order valence-electron chi connectivity index (χ2n) is 1.37. The maximum Gasteiger partial charge on any atom is 1.00 e. The molecule has 0 spiro atoms. The minimum absolute atomic E-state index is 0. The first-order valence-electron chi connectivity index (χ1n) is 2.10. The Kier molecular flexibility index (Phi) is 7.89. The molecule has 0 aromatic carbocycles. The summed E-state index contributed by atoms with van der Waals surface area (Å²) in [5, 5.41) is 21.6. The summed E-state index contributed by atoms with van der Waals surface area (Å²) < 4.78 is 0. The van der Waals surface area contributed by atoms with Gasteiger partial charge in [-0.15, -0.1) is 0 Å². The van der Waals surface area contributed by atoms with Crippen molar-refractivity contribution in [2.75, 3.05) is 0 Å². The van der Waals surface area contributed by atoms with E-state index in [-0.39, 0.29) is 31.0 Å². The largest absolute Gasteiger partial charge is 1.00 e. The molecule has 0 saturated heterocycles. The third kappa shape index (κ3) is 4.44. The van der Waals surface area contributed by atoms with Gasteiger partial charge in [-0.25, -0.2) is 0 Å². The van der Waals surface area contributed by atoms with Crippen molar-refractivity contribution in [3.8, 4) is 0 Å². The summed E-state index contributed by atoms with van der Waals surface area (Å²) in [6.07, 6.45) is 0. The van der Waals surface area contributed by atoms with E-state index in [2.05, 4.69) is 10.3 Å². The predicted molar refractivity (Wildman–Crippen MR) is 30.9 cm³/mol. The molecule has 0 amide bonds. The zero-order chi connectivity index (χ0) is 6.57. The first kappa shape index (κ1) is 11.7. The topological polar surface area (TPSA) is 65.2 Å². The number of oxime groups is 2. The first-order valence-corrected chi connectivity index (χ1v) is 2.10. The van der Waals surface area contributed by atoms with E-state index in [4.69, 9.17) is 10.4 Å². The van der Waals surface area contributed by atoms with E-state index < -0.39 is 0 Å². The van der Waals surface area contributed by atoms with Crippen molar-refractivity contribution < 1.29 is 41.4 Å². The second kappa shape index (κ2) is 6.07. The molecule has 0 aromatic rings. The van der Waals surface area contributed by atoms with E-state index >= 15 is 0 Å². The molecular formula is C4H9N2NaO2. The van der Waals surface area contributed by atoms with Crippen molar-refractivity contribution in [3.63, 3.8) is 0 Å². The Hall–Kier alpha value is -0.0600. The van der Waals surface area contributed by atoms with E-state index in [0.29, 0.717) is 11.4 Å². The molecule has 0 unspecified atom stereocenters. The Balaban J connectivity index is -0.000000245. The molecule has 0 radical (unpaired) electrons. The van der Waals surface area contributed by atoms with Crippen molar-refractivity contribution in [1.82, 2.24) is 0 Å². The Morgan fingerprint density at radius 1 is 1.11 bits per heavy atom. The van der Waals surface area contributed by atoms with Gasteiger partial charge in [0.15, 0.2) is 0 Å². The Morgan fingerprint density at radius 3 is 1.44 bits per heavy atom. The zero-order valence-electron chi connectivity index (χ0n) is 6.79. The van der Waals surface area contributed by atoms with Crippen LogP contribution in [0.25, 0.3) is 0 Å². The molecular weight excluding hydrogens is 131 g/mol. The van der Waals surface area contributed by atoms with Crippen LogP contribution in [0, 0.1) is 0 Å². The average Bonchev–Trinajstić information content (AvgIpc) is 1.84. The fourth-order valence-corrected chi connectivity index (χ4v) is 0.145. The van der Waals surface area contributed by atoms with Gasteiger partial charge in [0.05, 0.1) is 0 Å². The van der Waals surface area contributed by atoms with Crippen LogP contribution in [0.3, 0.4) is 0 Å². The standard InChI is InChI=1S/C4H8N2O2.Na.H/c1-3(5-7)4(2)6-8;;/h7-8H,1-2H3;;/q;+1;-1. The smallest absolute Gasteiger partial charge is 1.00 e. The van der Waals surface area contributed by atoms with Crippen LogP contribution in [-0.2, 0) is 0 Å². The summed E-state index contributed by atoms with van der Waals surface area (Å²) in [7, 11) is 0. The molecule has 48 valence electrons. The molecule has 9 heavy (non-hydrogen) atoms. The van der Waals surface area contributed by atoms with Crippen LogP contribution >= 0.6 is 0 Å². The fraction of sp³-hybridized carbons (Fsp3) is 0.500. The molecule has 4 nitrogen and oxygen atoms in total. The molecule has 0 heterocycles. The van der Waals surface area contributed by atoms with Crippen molar-refractivity contribution in [3.05, 3.63) is 0 Å². The van der Waals surface area contributed by atoms with Gasteiger partial charge in [0.2, 0.25) is 0 Å². The van der Waals surface area contributed by atoms with Gasteiger partial charge in [-0.1, -0.05) is 10.3 Å². The van der Waals surface area contributed by atoms with E-state index in [1.54, 1.807) is 0 Å². The molecule has 0 saturated carbocycles. The molecule has 0 fully saturated rings. The Labute approximate surface area is 77.0 Å². The van der Waals surface area contributed by atoms with Gasteiger partial charge in [0.25, 0.3) is 0 Å². The first-order chi connectivity index (χ1) is 3.72. The van der Waals surface area contributed by atoms with Crippen LogP contribution in [-0.4, -0.2) is 21.8 Å². The van der Waals surface area contributed by atoms with Crippen LogP contribution in [0.1, 0.15) is 15.3 Å². The van der Waals surface area contributed by atoms with E-state index in [1.807, 2.05) is 0 Å². The minimum Gasteiger partial charge on any atom is -1.00 e. The number of nitrogens with zero attached hydrogens (tertiary/aromatic N) is 2. The van der Waals surface area contributed by atoms with Gasteiger partial charge < -0.3 is 11.8 Å². The van der Waals surface area contributed by atoms with Gasteiger partial charge >= 0.3 is 29.6 Å². The maximum absolute atomic E-state index is 8.03. The van der Waals surface area contributed by atoms with Gasteiger partial charge in [0.1, 0.15) is 11.4 Å². The molecule has 0 rings (SSSR count). The number of rotatable bonds is 1. The SMILES string of the molecule is CC(=NO)C(C)=NO.[H-].[Na+]. The van der Waals surface area contributed by atoms with E-state index in [1.165, 1.54) is 13.8 Å². The zero-order valence-corrected chi connectivity index (χ0v) is 7.79. The van der Waals surface area contributed by atoms with Gasteiger partial charge in [-0.05, 0) is 13.8 Å². The van der Waals surface area contributed by atoms with Crippen molar-refractivity contribution in [1.29, 1.82) is 0 Å². The summed E-state index contributed by atoms with van der Waals surface area (Å²) in [5.74, 6) is 0. The van der Waals surface area contributed by atoms with Crippen LogP contribution < -0.4 is 29.6 Å². The summed E-state index contributed by atoms with van der Waals surface area (Å²) in [6.45, 7) is 3.07. The summed E-state index contributed by atoms with van der Waals surface area (Å²) in [6, 6.07) is 0. The minimum atomic E-state index is 0. The van der Waals surface area contributed by atoms with Crippen molar-refractivity contribution >= 4 is 11.4 Å².